The van der Waals surface area contributed by atoms with Crippen molar-refractivity contribution in [3.8, 4) is 0 Å². The summed E-state index contributed by atoms with van der Waals surface area (Å²) >= 11 is 0. The first-order valence-electron chi connectivity index (χ1n) is 9.62. The maximum absolute atomic E-state index is 12.5. The van der Waals surface area contributed by atoms with E-state index in [1.807, 2.05) is 35.2 Å². The number of nitrogens with one attached hydrogen (secondary N) is 1. The Kier molecular flexibility index (Phi) is 7.03. The van der Waals surface area contributed by atoms with E-state index in [2.05, 4.69) is 10.2 Å². The molecule has 1 aromatic rings. The number of hydrogen-bond donors (Lipinski definition) is 1. The summed E-state index contributed by atoms with van der Waals surface area (Å²) in [6.45, 7) is 6.22. The first kappa shape index (κ1) is 18.9. The number of nitrogens with zero attached hydrogens (tertiary/aromatic N) is 2. The maximum Gasteiger partial charge on any atom is 0.227 e. The van der Waals surface area contributed by atoms with Gasteiger partial charge in [-0.05, 0) is 18.4 Å². The van der Waals surface area contributed by atoms with Crippen LogP contribution in [0.4, 0.5) is 0 Å². The Labute approximate surface area is 155 Å². The summed E-state index contributed by atoms with van der Waals surface area (Å²) in [7, 11) is 0. The zero-order valence-electron chi connectivity index (χ0n) is 15.4. The minimum absolute atomic E-state index is 0.0791. The normalized spacial score (nSPS) is 21.4. The Morgan fingerprint density at radius 2 is 1.88 bits per heavy atom. The van der Waals surface area contributed by atoms with Crippen molar-refractivity contribution in [1.29, 1.82) is 0 Å². The molecule has 1 aromatic carbocycles. The van der Waals surface area contributed by atoms with Crippen LogP contribution in [0, 0.1) is 5.92 Å². The van der Waals surface area contributed by atoms with Gasteiger partial charge in [-0.2, -0.15) is 0 Å². The van der Waals surface area contributed by atoms with Crippen LogP contribution in [-0.4, -0.2) is 74.1 Å². The molecule has 0 spiro atoms. The summed E-state index contributed by atoms with van der Waals surface area (Å²) in [5.74, 6) is 0.102. The van der Waals surface area contributed by atoms with Gasteiger partial charge in [-0.15, -0.1) is 0 Å². The fourth-order valence-corrected chi connectivity index (χ4v) is 3.61. The van der Waals surface area contributed by atoms with Gasteiger partial charge in [0, 0.05) is 39.3 Å². The van der Waals surface area contributed by atoms with E-state index in [0.29, 0.717) is 19.5 Å². The second kappa shape index (κ2) is 9.69. The van der Waals surface area contributed by atoms with E-state index < -0.39 is 0 Å². The lowest BCUT2D eigenvalue weighted by Crippen LogP contribution is -2.47. The average molecular weight is 359 g/mol. The third-order valence-electron chi connectivity index (χ3n) is 5.17. The number of hydrogen-bond acceptors (Lipinski definition) is 4. The minimum Gasteiger partial charge on any atom is -0.379 e. The predicted molar refractivity (Wildman–Crippen MR) is 99.7 cm³/mol. The standard InChI is InChI=1S/C20H29N3O3/c24-19(15-17-5-2-1-3-6-17)23-9-4-7-18(16-23)20(25)21-8-10-22-11-13-26-14-12-22/h1-3,5-6,18H,4,7-16H2,(H,21,25). The maximum atomic E-state index is 12.5. The summed E-state index contributed by atoms with van der Waals surface area (Å²) in [4.78, 5) is 29.2. The van der Waals surface area contributed by atoms with E-state index in [0.717, 1.165) is 57.8 Å². The molecular formula is C20H29N3O3. The highest BCUT2D eigenvalue weighted by Gasteiger charge is 2.28. The number of carbonyl (C=O) groups excluding carboxylic acids is 2. The van der Waals surface area contributed by atoms with Crippen molar-refractivity contribution < 1.29 is 14.3 Å². The molecule has 2 aliphatic heterocycles. The molecule has 1 unspecified atom stereocenters. The number of rotatable bonds is 6. The molecule has 2 saturated heterocycles. The van der Waals surface area contributed by atoms with Crippen molar-refractivity contribution in [2.24, 2.45) is 5.92 Å². The van der Waals surface area contributed by atoms with E-state index in [9.17, 15) is 9.59 Å². The highest BCUT2D eigenvalue weighted by Crippen LogP contribution is 2.18. The van der Waals surface area contributed by atoms with Crippen LogP contribution in [0.15, 0.2) is 30.3 Å². The Morgan fingerprint density at radius 3 is 2.65 bits per heavy atom. The largest absolute Gasteiger partial charge is 0.379 e. The van der Waals surface area contributed by atoms with Crippen LogP contribution >= 0.6 is 0 Å². The van der Waals surface area contributed by atoms with Gasteiger partial charge in [-0.3, -0.25) is 14.5 Å². The molecular weight excluding hydrogens is 330 g/mol. The van der Waals surface area contributed by atoms with Crippen LogP contribution in [0.5, 0.6) is 0 Å². The van der Waals surface area contributed by atoms with Crippen molar-refractivity contribution in [2.45, 2.75) is 19.3 Å². The van der Waals surface area contributed by atoms with Gasteiger partial charge in [0.2, 0.25) is 11.8 Å². The molecule has 1 N–H and O–H groups in total. The molecule has 0 aliphatic carbocycles. The van der Waals surface area contributed by atoms with Gasteiger partial charge in [0.25, 0.3) is 0 Å². The SMILES string of the molecule is O=C(NCCN1CCOCC1)C1CCCN(C(=O)Cc2ccccc2)C1. The smallest absolute Gasteiger partial charge is 0.227 e. The number of amides is 2. The number of carbonyl (C=O) groups is 2. The second-order valence-corrected chi connectivity index (χ2v) is 7.09. The Balaban J connectivity index is 1.42. The van der Waals surface area contributed by atoms with Crippen LogP contribution in [0.25, 0.3) is 0 Å². The molecule has 0 saturated carbocycles. The molecule has 1 atom stereocenters. The zero-order valence-corrected chi connectivity index (χ0v) is 15.4. The van der Waals surface area contributed by atoms with Gasteiger partial charge in [0.1, 0.15) is 0 Å². The van der Waals surface area contributed by atoms with Gasteiger partial charge in [0.05, 0.1) is 25.6 Å². The van der Waals surface area contributed by atoms with E-state index in [1.165, 1.54) is 0 Å². The molecule has 6 heteroatoms. The summed E-state index contributed by atoms with van der Waals surface area (Å²) in [5.41, 5.74) is 1.02. The topological polar surface area (TPSA) is 61.9 Å². The molecule has 2 aliphatic rings. The van der Waals surface area contributed by atoms with Gasteiger partial charge >= 0.3 is 0 Å². The Bertz CT molecular complexity index is 587. The van der Waals surface area contributed by atoms with Crippen molar-refractivity contribution in [1.82, 2.24) is 15.1 Å². The van der Waals surface area contributed by atoms with Gasteiger partial charge in [-0.25, -0.2) is 0 Å². The van der Waals surface area contributed by atoms with Crippen LogP contribution in [0.3, 0.4) is 0 Å². The Hall–Kier alpha value is -1.92. The molecule has 0 aromatic heterocycles. The monoisotopic (exact) mass is 359 g/mol. The third-order valence-corrected chi connectivity index (χ3v) is 5.17. The summed E-state index contributed by atoms with van der Waals surface area (Å²) < 4.78 is 5.33. The average Bonchev–Trinajstić information content (AvgIpc) is 2.69. The number of benzene rings is 1. The van der Waals surface area contributed by atoms with Crippen molar-refractivity contribution in [3.63, 3.8) is 0 Å². The lowest BCUT2D eigenvalue weighted by atomic mass is 9.96. The lowest BCUT2D eigenvalue weighted by molar-refractivity contribution is -0.135. The van der Waals surface area contributed by atoms with Gasteiger partial charge < -0.3 is 15.0 Å². The molecule has 0 bridgehead atoms. The fraction of sp³-hybridized carbons (Fsp3) is 0.600. The van der Waals surface area contributed by atoms with Crippen LogP contribution < -0.4 is 5.32 Å². The summed E-state index contributed by atoms with van der Waals surface area (Å²) in [6, 6.07) is 9.79. The molecule has 0 radical (unpaired) electrons. The van der Waals surface area contributed by atoms with Crippen molar-refractivity contribution in [3.05, 3.63) is 35.9 Å². The molecule has 6 nitrogen and oxygen atoms in total. The van der Waals surface area contributed by atoms with E-state index in [-0.39, 0.29) is 17.7 Å². The molecule has 2 fully saturated rings. The Morgan fingerprint density at radius 1 is 1.12 bits per heavy atom. The summed E-state index contributed by atoms with van der Waals surface area (Å²) in [6.07, 6.45) is 2.16. The van der Waals surface area contributed by atoms with Crippen LogP contribution in [0.1, 0.15) is 18.4 Å². The highest BCUT2D eigenvalue weighted by molar-refractivity contribution is 5.82. The number of piperidine rings is 1. The van der Waals surface area contributed by atoms with E-state index >= 15 is 0 Å². The third kappa shape index (κ3) is 5.54. The van der Waals surface area contributed by atoms with Crippen LogP contribution in [-0.2, 0) is 20.7 Å². The summed E-state index contributed by atoms with van der Waals surface area (Å²) in [5, 5.41) is 3.05. The molecule has 2 heterocycles. The number of morpholine rings is 1. The van der Waals surface area contributed by atoms with E-state index in [4.69, 9.17) is 4.74 Å². The first-order valence-corrected chi connectivity index (χ1v) is 9.62. The van der Waals surface area contributed by atoms with Gasteiger partial charge in [-0.1, -0.05) is 30.3 Å². The lowest BCUT2D eigenvalue weighted by Gasteiger charge is -2.32. The van der Waals surface area contributed by atoms with Crippen molar-refractivity contribution >= 4 is 11.8 Å². The highest BCUT2D eigenvalue weighted by atomic mass is 16.5. The quantitative estimate of drug-likeness (QED) is 0.820. The second-order valence-electron chi connectivity index (χ2n) is 7.09. The minimum atomic E-state index is -0.0897. The number of ether oxygens (including phenoxy) is 1. The predicted octanol–water partition coefficient (Wildman–Crippen LogP) is 0.916. The number of likely N-dealkylation sites (tertiary alicyclic amines) is 1. The molecule has 2 amide bonds. The first-order chi connectivity index (χ1) is 12.7. The molecule has 3 rings (SSSR count). The fourth-order valence-electron chi connectivity index (χ4n) is 3.61. The van der Waals surface area contributed by atoms with Gasteiger partial charge in [0.15, 0.2) is 0 Å². The van der Waals surface area contributed by atoms with E-state index in [1.54, 1.807) is 0 Å². The molecule has 26 heavy (non-hydrogen) atoms. The van der Waals surface area contributed by atoms with Crippen LogP contribution in [0.2, 0.25) is 0 Å². The molecule has 142 valence electrons. The zero-order chi connectivity index (χ0) is 18.2. The van der Waals surface area contributed by atoms with Crippen molar-refractivity contribution in [2.75, 3.05) is 52.5 Å².